The number of rotatable bonds is 1. The van der Waals surface area contributed by atoms with Crippen LogP contribution in [-0.2, 0) is 10.1 Å². The molecule has 0 aliphatic heterocycles. The fourth-order valence-electron chi connectivity index (χ4n) is 1.48. The van der Waals surface area contributed by atoms with E-state index in [1.807, 2.05) is 0 Å². The van der Waals surface area contributed by atoms with Crippen LogP contribution in [0.25, 0.3) is 0 Å². The van der Waals surface area contributed by atoms with Gasteiger partial charge in [-0.3, -0.25) is 9.59 Å². The van der Waals surface area contributed by atoms with E-state index in [-0.39, 0.29) is 30.0 Å². The summed E-state index contributed by atoms with van der Waals surface area (Å²) in [6.45, 7) is 0. The van der Waals surface area contributed by atoms with Crippen molar-refractivity contribution in [1.29, 1.82) is 0 Å². The summed E-state index contributed by atoms with van der Waals surface area (Å²) in [6, 6.07) is 5.76. The molecule has 0 aromatic heterocycles. The van der Waals surface area contributed by atoms with Gasteiger partial charge in [-0.25, -0.2) is 8.42 Å². The molecule has 0 N–H and O–H groups in total. The second-order valence-corrected chi connectivity index (χ2v) is 4.55. The van der Waals surface area contributed by atoms with Crippen LogP contribution in [-0.4, -0.2) is 24.5 Å². The molecule has 82 valence electrons. The molecule has 0 heterocycles. The molecule has 5 nitrogen and oxygen atoms in total. The van der Waals surface area contributed by atoms with Gasteiger partial charge in [-0.1, -0.05) is 24.3 Å². The van der Waals surface area contributed by atoms with Crippen LogP contribution < -0.4 is 18.9 Å². The van der Waals surface area contributed by atoms with E-state index in [1.54, 1.807) is 6.07 Å². The molecular weight excluding hydrogens is 239 g/mol. The first-order chi connectivity index (χ1) is 7.41. The van der Waals surface area contributed by atoms with Crippen molar-refractivity contribution in [3.05, 3.63) is 46.4 Å². The molecule has 0 bridgehead atoms. The number of hydrogen-bond acceptors (Lipinski definition) is 5. The number of benzene rings is 1. The number of allylic oxidation sites excluding steroid dienone is 2. The minimum absolute atomic E-state index is 0. The van der Waals surface area contributed by atoms with E-state index in [0.717, 1.165) is 0 Å². The molecule has 1 aliphatic rings. The summed E-state index contributed by atoms with van der Waals surface area (Å²) in [5, 5.41) is 0. The first kappa shape index (κ1) is 13.9. The molecule has 0 atom stereocenters. The van der Waals surface area contributed by atoms with Crippen molar-refractivity contribution in [2.45, 2.75) is 0 Å². The summed E-state index contributed by atoms with van der Waals surface area (Å²) in [5.41, 5.74) is 0.0596. The molecule has 0 unspecified atom stereocenters. The van der Waals surface area contributed by atoms with Gasteiger partial charge in [-0.15, -0.1) is 0 Å². The molecule has 1 aliphatic carbocycles. The smallest absolute Gasteiger partial charge is 0.744 e. The maximum Gasteiger partial charge on any atom is 1.00 e. The third-order valence-electron chi connectivity index (χ3n) is 2.19. The summed E-state index contributed by atoms with van der Waals surface area (Å²) < 4.78 is 32.3. The van der Waals surface area contributed by atoms with Crippen molar-refractivity contribution in [2.24, 2.45) is 0 Å². The van der Waals surface area contributed by atoms with Gasteiger partial charge < -0.3 is 4.55 Å². The Morgan fingerprint density at radius 2 is 1.53 bits per heavy atom. The van der Waals surface area contributed by atoms with Crippen molar-refractivity contribution in [2.75, 3.05) is 0 Å². The average Bonchev–Trinajstić information content (AvgIpc) is 2.22. The van der Waals surface area contributed by atoms with Gasteiger partial charge in [0.15, 0.2) is 5.78 Å². The largest absolute Gasteiger partial charge is 1.00 e. The summed E-state index contributed by atoms with van der Waals surface area (Å²) in [5.74, 6) is -1.57. The topological polar surface area (TPSA) is 91.3 Å². The zero-order valence-electron chi connectivity index (χ0n) is 8.84. The Bertz CT molecular complexity index is 630. The average molecular weight is 244 g/mol. The van der Waals surface area contributed by atoms with E-state index < -0.39 is 26.6 Å². The molecule has 0 spiro atoms. The molecule has 2 rings (SSSR count). The monoisotopic (exact) mass is 244 g/mol. The van der Waals surface area contributed by atoms with E-state index in [9.17, 15) is 22.6 Å². The molecule has 0 saturated heterocycles. The second-order valence-electron chi connectivity index (χ2n) is 3.20. The van der Waals surface area contributed by atoms with E-state index >= 15 is 0 Å². The Labute approximate surface area is 109 Å². The van der Waals surface area contributed by atoms with Crippen LogP contribution in [0.1, 0.15) is 20.7 Å². The van der Waals surface area contributed by atoms with Crippen LogP contribution in [0.15, 0.2) is 35.2 Å². The second kappa shape index (κ2) is 4.59. The Kier molecular flexibility index (Phi) is 3.74. The molecule has 0 amide bonds. The van der Waals surface area contributed by atoms with Crippen LogP contribution >= 0.6 is 0 Å². The van der Waals surface area contributed by atoms with Crippen molar-refractivity contribution in [3.63, 3.8) is 0 Å². The summed E-state index contributed by atoms with van der Waals surface area (Å²) in [6.07, 6.45) is 0.576. The van der Waals surface area contributed by atoms with Crippen LogP contribution in [0.5, 0.6) is 0 Å². The van der Waals surface area contributed by atoms with Crippen LogP contribution in [0.2, 0.25) is 0 Å². The fraction of sp³-hybridized carbons (Fsp3) is 0. The zero-order chi connectivity index (χ0) is 11.9. The number of fused-ring (bicyclic) bond motifs is 1. The number of carbonyl (C=O) groups excluding carboxylic acids is 2. The normalized spacial score (nSPS) is 14.8. The predicted molar refractivity (Wildman–Crippen MR) is 52.9 cm³/mol. The first-order valence-electron chi connectivity index (χ1n) is 4.27. The minimum atomic E-state index is -4.91. The summed E-state index contributed by atoms with van der Waals surface area (Å²) >= 11 is 0. The standard InChI is InChI=1S/C10H6O5S.Li/c11-8-5-9(16(13,14)15)10(12)7-4-2-1-3-6(7)8;/h1-5H,(H,13,14,15);/q;+1/p-1. The van der Waals surface area contributed by atoms with E-state index in [2.05, 4.69) is 0 Å². The third kappa shape index (κ3) is 2.40. The van der Waals surface area contributed by atoms with Crippen molar-refractivity contribution in [3.8, 4) is 0 Å². The van der Waals surface area contributed by atoms with Gasteiger partial charge in [0.25, 0.3) is 0 Å². The van der Waals surface area contributed by atoms with Crippen molar-refractivity contribution in [1.82, 2.24) is 0 Å². The quantitative estimate of drug-likeness (QED) is 0.402. The Morgan fingerprint density at radius 1 is 1.00 bits per heavy atom. The minimum Gasteiger partial charge on any atom is -0.744 e. The van der Waals surface area contributed by atoms with Gasteiger partial charge in [0.05, 0.1) is 0 Å². The third-order valence-corrected chi connectivity index (χ3v) is 3.03. The van der Waals surface area contributed by atoms with Gasteiger partial charge in [0, 0.05) is 17.2 Å². The SMILES string of the molecule is O=C1C=C(S(=O)(=O)[O-])C(=O)c2ccccc21.[Li+]. The van der Waals surface area contributed by atoms with Gasteiger partial charge in [-0.05, 0) is 0 Å². The molecule has 0 saturated carbocycles. The van der Waals surface area contributed by atoms with Gasteiger partial charge in [0.2, 0.25) is 5.78 Å². The first-order valence-corrected chi connectivity index (χ1v) is 5.68. The number of ketones is 2. The molecular formula is C10H5LiO5S. The zero-order valence-corrected chi connectivity index (χ0v) is 9.65. The Hall–Kier alpha value is -1.19. The predicted octanol–water partition coefficient (Wildman–Crippen LogP) is -2.50. The molecule has 1 aromatic rings. The van der Waals surface area contributed by atoms with Crippen molar-refractivity contribution < 1.29 is 41.4 Å². The van der Waals surface area contributed by atoms with Crippen LogP contribution in [0, 0.1) is 0 Å². The van der Waals surface area contributed by atoms with Crippen LogP contribution in [0.3, 0.4) is 0 Å². The molecule has 0 fully saturated rings. The summed E-state index contributed by atoms with van der Waals surface area (Å²) in [7, 11) is -4.91. The maximum atomic E-state index is 11.6. The molecule has 1 aromatic carbocycles. The van der Waals surface area contributed by atoms with E-state index in [1.165, 1.54) is 18.2 Å². The van der Waals surface area contributed by atoms with Crippen LogP contribution in [0.4, 0.5) is 0 Å². The molecule has 7 heteroatoms. The van der Waals surface area contributed by atoms with Crippen molar-refractivity contribution >= 4 is 21.7 Å². The number of hydrogen-bond donors (Lipinski definition) is 0. The summed E-state index contributed by atoms with van der Waals surface area (Å²) in [4.78, 5) is 22.1. The Morgan fingerprint density at radius 3 is 2.06 bits per heavy atom. The number of carbonyl (C=O) groups is 2. The van der Waals surface area contributed by atoms with E-state index in [0.29, 0.717) is 6.08 Å². The van der Waals surface area contributed by atoms with Gasteiger partial charge in [-0.2, -0.15) is 0 Å². The van der Waals surface area contributed by atoms with Gasteiger partial charge in [0.1, 0.15) is 15.0 Å². The molecule has 17 heavy (non-hydrogen) atoms. The number of Topliss-reactive ketones (excluding diaryl/α,β-unsaturated/α-hetero) is 1. The molecule has 0 radical (unpaired) electrons. The maximum absolute atomic E-state index is 11.6. The Balaban J connectivity index is 0.00000144. The fourth-order valence-corrected chi connectivity index (χ4v) is 2.07. The van der Waals surface area contributed by atoms with Gasteiger partial charge >= 0.3 is 18.9 Å². The van der Waals surface area contributed by atoms with E-state index in [4.69, 9.17) is 0 Å².